The SMILES string of the molecule is CCN(Cc1ccc(C(F)(F)F)cc1)c1ncnc(NC[C@H]2CCN(c3cc(CC(=O)O)ccn3)C[C@@H]2O)c1F. The maximum atomic E-state index is 15.4. The molecule has 3 heterocycles. The molecule has 3 N–H and O–H groups in total. The topological polar surface area (TPSA) is 115 Å². The summed E-state index contributed by atoms with van der Waals surface area (Å²) >= 11 is 0. The molecule has 1 fully saturated rings. The number of carboxylic acid groups (broad SMARTS) is 1. The second-order valence-corrected chi connectivity index (χ2v) is 9.60. The molecule has 2 atom stereocenters. The molecule has 1 aliphatic heterocycles. The number of nitrogens with zero attached hydrogens (tertiary/aromatic N) is 5. The number of aromatic nitrogens is 3. The average Bonchev–Trinajstić information content (AvgIpc) is 2.91. The molecule has 13 heteroatoms. The molecule has 0 saturated carbocycles. The number of anilines is 3. The van der Waals surface area contributed by atoms with E-state index in [1.165, 1.54) is 18.5 Å². The van der Waals surface area contributed by atoms with Crippen molar-refractivity contribution in [2.45, 2.75) is 38.6 Å². The molecular formula is C27H30F4N6O3. The van der Waals surface area contributed by atoms with Crippen LogP contribution in [0.5, 0.6) is 0 Å². The molecule has 0 unspecified atom stereocenters. The Kier molecular flexibility index (Phi) is 9.03. The standard InChI is InChI=1S/C27H30F4N6O3/c1-2-36(14-17-3-5-20(6-4-17)27(29,30)31)26-24(28)25(34-16-35-26)33-13-19-8-10-37(15-21(19)38)22-11-18(7-9-32-22)12-23(39)40/h3-7,9,11,16,19,21,38H,2,8,10,12-15H2,1H3,(H,39,40)(H,33,34,35)/t19-,21+/m1/s1. The predicted octanol–water partition coefficient (Wildman–Crippen LogP) is 3.98. The van der Waals surface area contributed by atoms with Crippen molar-refractivity contribution in [2.24, 2.45) is 5.92 Å². The Hall–Kier alpha value is -4.00. The molecule has 4 rings (SSSR count). The van der Waals surface area contributed by atoms with Crippen LogP contribution in [-0.2, 0) is 23.9 Å². The molecule has 9 nitrogen and oxygen atoms in total. The number of aliphatic hydroxyl groups excluding tert-OH is 1. The van der Waals surface area contributed by atoms with Gasteiger partial charge in [-0.2, -0.15) is 17.6 Å². The fourth-order valence-electron chi connectivity index (χ4n) is 4.63. The van der Waals surface area contributed by atoms with Crippen molar-refractivity contribution in [3.8, 4) is 0 Å². The number of carbonyl (C=O) groups is 1. The molecule has 2 aromatic heterocycles. The molecule has 1 aliphatic rings. The third-order valence-corrected chi connectivity index (χ3v) is 6.85. The van der Waals surface area contributed by atoms with Crippen LogP contribution in [0.1, 0.15) is 30.0 Å². The van der Waals surface area contributed by atoms with E-state index in [1.54, 1.807) is 30.2 Å². The van der Waals surface area contributed by atoms with Crippen molar-refractivity contribution < 1.29 is 32.6 Å². The van der Waals surface area contributed by atoms with Gasteiger partial charge < -0.3 is 25.3 Å². The summed E-state index contributed by atoms with van der Waals surface area (Å²) in [7, 11) is 0. The smallest absolute Gasteiger partial charge is 0.416 e. The zero-order valence-corrected chi connectivity index (χ0v) is 21.8. The Labute approximate surface area is 228 Å². The number of halogens is 4. The number of carboxylic acids is 1. The van der Waals surface area contributed by atoms with E-state index < -0.39 is 29.6 Å². The minimum absolute atomic E-state index is 0.0163. The lowest BCUT2D eigenvalue weighted by molar-refractivity contribution is -0.138. The summed E-state index contributed by atoms with van der Waals surface area (Å²) in [5.74, 6) is -1.27. The molecule has 0 radical (unpaired) electrons. The van der Waals surface area contributed by atoms with Crippen molar-refractivity contribution in [1.82, 2.24) is 15.0 Å². The van der Waals surface area contributed by atoms with Crippen molar-refractivity contribution in [3.05, 3.63) is 71.4 Å². The van der Waals surface area contributed by atoms with E-state index in [0.29, 0.717) is 36.5 Å². The molecule has 40 heavy (non-hydrogen) atoms. The number of aliphatic carboxylic acids is 1. The van der Waals surface area contributed by atoms with Gasteiger partial charge in [-0.15, -0.1) is 0 Å². The highest BCUT2D eigenvalue weighted by molar-refractivity contribution is 5.70. The monoisotopic (exact) mass is 562 g/mol. The Bertz CT molecular complexity index is 1310. The van der Waals surface area contributed by atoms with Crippen LogP contribution in [0.15, 0.2) is 48.9 Å². The first-order valence-corrected chi connectivity index (χ1v) is 12.8. The highest BCUT2D eigenvalue weighted by Gasteiger charge is 2.31. The van der Waals surface area contributed by atoms with E-state index >= 15 is 4.39 Å². The van der Waals surface area contributed by atoms with Gasteiger partial charge in [-0.05, 0) is 48.7 Å². The number of pyridine rings is 1. The molecule has 1 saturated heterocycles. The van der Waals surface area contributed by atoms with Crippen LogP contribution in [0.4, 0.5) is 35.0 Å². The van der Waals surface area contributed by atoms with Gasteiger partial charge in [-0.3, -0.25) is 4.79 Å². The van der Waals surface area contributed by atoms with Gasteiger partial charge in [0, 0.05) is 44.8 Å². The number of hydrogen-bond acceptors (Lipinski definition) is 8. The van der Waals surface area contributed by atoms with Crippen molar-refractivity contribution in [1.29, 1.82) is 0 Å². The van der Waals surface area contributed by atoms with Crippen LogP contribution in [-0.4, -0.2) is 63.4 Å². The third kappa shape index (κ3) is 7.14. The molecule has 3 aromatic rings. The summed E-state index contributed by atoms with van der Waals surface area (Å²) in [6.07, 6.45) is -1.97. The number of nitrogens with one attached hydrogen (secondary N) is 1. The highest BCUT2D eigenvalue weighted by atomic mass is 19.4. The zero-order valence-electron chi connectivity index (χ0n) is 21.8. The van der Waals surface area contributed by atoms with E-state index in [9.17, 15) is 23.1 Å². The van der Waals surface area contributed by atoms with Crippen LogP contribution in [0.2, 0.25) is 0 Å². The number of rotatable bonds is 10. The summed E-state index contributed by atoms with van der Waals surface area (Å²) in [6.45, 7) is 3.40. The maximum Gasteiger partial charge on any atom is 0.416 e. The maximum absolute atomic E-state index is 15.4. The van der Waals surface area contributed by atoms with Gasteiger partial charge >= 0.3 is 12.1 Å². The quantitative estimate of drug-likeness (QED) is 0.316. The van der Waals surface area contributed by atoms with Crippen LogP contribution in [0, 0.1) is 11.7 Å². The number of β-amino-alcohol motifs (C(OH)–C–C–N with tert-alkyl or cyclic N) is 1. The minimum Gasteiger partial charge on any atom is -0.481 e. The molecular weight excluding hydrogens is 532 g/mol. The van der Waals surface area contributed by atoms with Gasteiger partial charge in [0.1, 0.15) is 12.1 Å². The van der Waals surface area contributed by atoms with Crippen LogP contribution >= 0.6 is 0 Å². The van der Waals surface area contributed by atoms with E-state index in [-0.39, 0.29) is 43.6 Å². The van der Waals surface area contributed by atoms with Gasteiger partial charge in [0.15, 0.2) is 11.6 Å². The summed E-state index contributed by atoms with van der Waals surface area (Å²) in [4.78, 5) is 26.9. The van der Waals surface area contributed by atoms with Crippen LogP contribution in [0.3, 0.4) is 0 Å². The zero-order chi connectivity index (χ0) is 28.9. The normalized spacial score (nSPS) is 17.5. The van der Waals surface area contributed by atoms with Gasteiger partial charge in [0.2, 0.25) is 5.82 Å². The number of alkyl halides is 3. The number of piperidine rings is 1. The lowest BCUT2D eigenvalue weighted by Crippen LogP contribution is -2.46. The summed E-state index contributed by atoms with van der Waals surface area (Å²) in [5, 5.41) is 22.8. The summed E-state index contributed by atoms with van der Waals surface area (Å²) in [6, 6.07) is 8.03. The minimum atomic E-state index is -4.43. The lowest BCUT2D eigenvalue weighted by Gasteiger charge is -2.37. The second kappa shape index (κ2) is 12.5. The van der Waals surface area contributed by atoms with Gasteiger partial charge in [-0.25, -0.2) is 15.0 Å². The Morgan fingerprint density at radius 3 is 2.55 bits per heavy atom. The van der Waals surface area contributed by atoms with Crippen molar-refractivity contribution in [3.63, 3.8) is 0 Å². The van der Waals surface area contributed by atoms with E-state index in [4.69, 9.17) is 5.11 Å². The largest absolute Gasteiger partial charge is 0.481 e. The summed E-state index contributed by atoms with van der Waals surface area (Å²) in [5.41, 5.74) is 0.431. The van der Waals surface area contributed by atoms with Gasteiger partial charge in [-0.1, -0.05) is 12.1 Å². The molecule has 0 amide bonds. The Balaban J connectivity index is 1.37. The molecule has 0 bridgehead atoms. The third-order valence-electron chi connectivity index (χ3n) is 6.85. The first-order chi connectivity index (χ1) is 19.0. The molecule has 1 aromatic carbocycles. The Morgan fingerprint density at radius 2 is 1.90 bits per heavy atom. The van der Waals surface area contributed by atoms with E-state index in [2.05, 4.69) is 20.3 Å². The highest BCUT2D eigenvalue weighted by Crippen LogP contribution is 2.30. The van der Waals surface area contributed by atoms with Gasteiger partial charge in [0.05, 0.1) is 18.1 Å². The summed E-state index contributed by atoms with van der Waals surface area (Å²) < 4.78 is 54.0. The molecule has 0 aliphatic carbocycles. The first kappa shape index (κ1) is 29.0. The first-order valence-electron chi connectivity index (χ1n) is 12.8. The average molecular weight is 563 g/mol. The fourth-order valence-corrected chi connectivity index (χ4v) is 4.63. The van der Waals surface area contributed by atoms with E-state index in [1.807, 2.05) is 4.90 Å². The Morgan fingerprint density at radius 1 is 1.15 bits per heavy atom. The van der Waals surface area contributed by atoms with Crippen molar-refractivity contribution in [2.75, 3.05) is 41.3 Å². The number of aliphatic hydroxyl groups is 1. The van der Waals surface area contributed by atoms with Gasteiger partial charge in [0.25, 0.3) is 0 Å². The second-order valence-electron chi connectivity index (χ2n) is 9.60. The van der Waals surface area contributed by atoms with Crippen LogP contribution < -0.4 is 15.1 Å². The van der Waals surface area contributed by atoms with Crippen LogP contribution in [0.25, 0.3) is 0 Å². The molecule has 0 spiro atoms. The lowest BCUT2D eigenvalue weighted by atomic mass is 9.93. The predicted molar refractivity (Wildman–Crippen MR) is 141 cm³/mol. The van der Waals surface area contributed by atoms with E-state index in [0.717, 1.165) is 12.1 Å². The number of hydrogen-bond donors (Lipinski definition) is 3. The number of benzene rings is 1. The fraction of sp³-hybridized carbons (Fsp3) is 0.407. The molecule has 214 valence electrons. The van der Waals surface area contributed by atoms with Crippen molar-refractivity contribution >= 4 is 23.4 Å².